The van der Waals surface area contributed by atoms with E-state index in [-0.39, 0.29) is 17.4 Å². The van der Waals surface area contributed by atoms with Gasteiger partial charge in [0.25, 0.3) is 0 Å². The molecule has 0 unspecified atom stereocenters. The van der Waals surface area contributed by atoms with Gasteiger partial charge in [0.15, 0.2) is 0 Å². The van der Waals surface area contributed by atoms with Crippen LogP contribution < -0.4 is 0 Å². The molecule has 2 N–H and O–H groups in total. The number of benzene rings is 5. The number of aromatic hydroxyl groups is 2. The van der Waals surface area contributed by atoms with E-state index in [9.17, 15) is 10.2 Å². The maximum absolute atomic E-state index is 10.7. The van der Waals surface area contributed by atoms with E-state index in [0.717, 1.165) is 38.2 Å². The highest BCUT2D eigenvalue weighted by molar-refractivity contribution is 9.11. The Kier molecular flexibility index (Phi) is 5.20. The fourth-order valence-corrected chi connectivity index (χ4v) is 5.28. The molecule has 0 fully saturated rings. The lowest BCUT2D eigenvalue weighted by atomic mass is 9.80. The van der Waals surface area contributed by atoms with Gasteiger partial charge < -0.3 is 10.2 Å². The molecule has 0 amide bonds. The molecule has 0 aliphatic rings. The monoisotopic (exact) mass is 532 g/mol. The SMILES string of the molecule is Oc1c(Br)cc(C(c2ccccc2)c2cc(Br)c(O)c3ccccc23)c2ccccc12. The van der Waals surface area contributed by atoms with Crippen molar-refractivity contribution in [1.82, 2.24) is 0 Å². The van der Waals surface area contributed by atoms with Crippen LogP contribution in [0.5, 0.6) is 11.5 Å². The first-order valence-electron chi connectivity index (χ1n) is 9.91. The van der Waals surface area contributed by atoms with Gasteiger partial charge in [0.05, 0.1) is 8.95 Å². The lowest BCUT2D eigenvalue weighted by Crippen LogP contribution is -2.06. The Morgan fingerprint density at radius 3 is 1.35 bits per heavy atom. The summed E-state index contributed by atoms with van der Waals surface area (Å²) in [4.78, 5) is 0. The largest absolute Gasteiger partial charge is 0.506 e. The summed E-state index contributed by atoms with van der Waals surface area (Å²) >= 11 is 7.11. The van der Waals surface area contributed by atoms with Gasteiger partial charge in [-0.1, -0.05) is 78.9 Å². The first-order chi connectivity index (χ1) is 15.1. The Bertz CT molecular complexity index is 1340. The Balaban J connectivity index is 1.92. The molecule has 0 saturated heterocycles. The van der Waals surface area contributed by atoms with E-state index < -0.39 is 0 Å². The van der Waals surface area contributed by atoms with Gasteiger partial charge in [0.2, 0.25) is 0 Å². The predicted molar refractivity (Wildman–Crippen MR) is 134 cm³/mol. The van der Waals surface area contributed by atoms with Crippen molar-refractivity contribution >= 4 is 53.4 Å². The lowest BCUT2D eigenvalue weighted by Gasteiger charge is -2.24. The molecule has 0 aliphatic heterocycles. The Morgan fingerprint density at radius 2 is 0.903 bits per heavy atom. The second-order valence-electron chi connectivity index (χ2n) is 7.53. The number of hydrogen-bond acceptors (Lipinski definition) is 2. The second kappa shape index (κ2) is 8.03. The van der Waals surface area contributed by atoms with Crippen molar-refractivity contribution in [1.29, 1.82) is 0 Å². The summed E-state index contributed by atoms with van der Waals surface area (Å²) in [5.74, 6) is 0.371. The third kappa shape index (κ3) is 3.40. The van der Waals surface area contributed by atoms with E-state index in [4.69, 9.17) is 0 Å². The number of fused-ring (bicyclic) bond motifs is 2. The molecular weight excluding hydrogens is 516 g/mol. The second-order valence-corrected chi connectivity index (χ2v) is 9.24. The minimum Gasteiger partial charge on any atom is -0.506 e. The van der Waals surface area contributed by atoms with Gasteiger partial charge in [0.1, 0.15) is 11.5 Å². The molecule has 0 aromatic heterocycles. The fraction of sp³-hybridized carbons (Fsp3) is 0.0370. The number of hydrogen-bond donors (Lipinski definition) is 2. The highest BCUT2D eigenvalue weighted by atomic mass is 79.9. The van der Waals surface area contributed by atoms with Gasteiger partial charge in [-0.05, 0) is 71.5 Å². The molecule has 0 radical (unpaired) electrons. The molecule has 0 aliphatic carbocycles. The van der Waals surface area contributed by atoms with Crippen LogP contribution in [0.25, 0.3) is 21.5 Å². The van der Waals surface area contributed by atoms with E-state index in [1.54, 1.807) is 0 Å². The molecule has 0 heterocycles. The first kappa shape index (κ1) is 20.1. The maximum atomic E-state index is 10.7. The number of halogens is 2. The van der Waals surface area contributed by atoms with Gasteiger partial charge in [-0.3, -0.25) is 0 Å². The van der Waals surface area contributed by atoms with Crippen molar-refractivity contribution < 1.29 is 10.2 Å². The molecule has 5 aromatic rings. The van der Waals surface area contributed by atoms with Crippen LogP contribution in [0, 0.1) is 0 Å². The third-order valence-corrected chi connectivity index (χ3v) is 6.97. The Labute approximate surface area is 197 Å². The van der Waals surface area contributed by atoms with Crippen LogP contribution in [0.2, 0.25) is 0 Å². The van der Waals surface area contributed by atoms with Crippen LogP contribution in [0.4, 0.5) is 0 Å². The first-order valence-corrected chi connectivity index (χ1v) is 11.5. The highest BCUT2D eigenvalue weighted by Crippen LogP contribution is 2.46. The normalized spacial score (nSPS) is 11.5. The van der Waals surface area contributed by atoms with Crippen molar-refractivity contribution in [3.8, 4) is 11.5 Å². The van der Waals surface area contributed by atoms with Crippen molar-refractivity contribution in [2.75, 3.05) is 0 Å². The van der Waals surface area contributed by atoms with Crippen LogP contribution >= 0.6 is 31.9 Å². The average Bonchev–Trinajstić information content (AvgIpc) is 2.81. The van der Waals surface area contributed by atoms with Crippen molar-refractivity contribution in [2.45, 2.75) is 5.92 Å². The van der Waals surface area contributed by atoms with Crippen molar-refractivity contribution in [2.24, 2.45) is 0 Å². The summed E-state index contributed by atoms with van der Waals surface area (Å²) < 4.78 is 1.31. The van der Waals surface area contributed by atoms with E-state index in [1.165, 1.54) is 0 Å². The smallest absolute Gasteiger partial charge is 0.137 e. The summed E-state index contributed by atoms with van der Waals surface area (Å²) in [7, 11) is 0. The van der Waals surface area contributed by atoms with Crippen molar-refractivity contribution in [3.63, 3.8) is 0 Å². The van der Waals surface area contributed by atoms with Gasteiger partial charge in [0, 0.05) is 16.7 Å². The van der Waals surface area contributed by atoms with Crippen LogP contribution in [-0.2, 0) is 0 Å². The number of phenolic OH excluding ortho intramolecular Hbond substituents is 2. The Hall–Kier alpha value is -2.82. The van der Waals surface area contributed by atoms with Gasteiger partial charge >= 0.3 is 0 Å². The molecule has 5 aromatic carbocycles. The van der Waals surface area contributed by atoms with Crippen molar-refractivity contribution in [3.05, 3.63) is 117 Å². The molecule has 5 rings (SSSR count). The minimum atomic E-state index is -0.107. The zero-order valence-electron chi connectivity index (χ0n) is 16.4. The average molecular weight is 534 g/mol. The summed E-state index contributed by atoms with van der Waals surface area (Å²) in [5, 5.41) is 24.9. The fourth-order valence-electron chi connectivity index (χ4n) is 4.36. The minimum absolute atomic E-state index is 0.107. The zero-order chi connectivity index (χ0) is 21.5. The predicted octanol–water partition coefficient (Wildman–Crippen LogP) is 8.11. The van der Waals surface area contributed by atoms with Gasteiger partial charge in [-0.25, -0.2) is 0 Å². The summed E-state index contributed by atoms with van der Waals surface area (Å²) in [6, 6.07) is 30.2. The van der Waals surface area contributed by atoms with Crippen LogP contribution in [0.1, 0.15) is 22.6 Å². The van der Waals surface area contributed by atoms with E-state index in [2.05, 4.69) is 44.0 Å². The van der Waals surface area contributed by atoms with E-state index in [0.29, 0.717) is 8.95 Å². The quantitative estimate of drug-likeness (QED) is 0.230. The number of phenols is 2. The number of rotatable bonds is 3. The van der Waals surface area contributed by atoms with Gasteiger partial charge in [-0.15, -0.1) is 0 Å². The molecule has 0 spiro atoms. The zero-order valence-corrected chi connectivity index (χ0v) is 19.6. The standard InChI is InChI=1S/C27H18Br2O2/c28-23-14-21(17-10-4-6-12-19(17)26(23)30)25(16-8-2-1-3-9-16)22-15-24(29)27(31)20-13-7-5-11-18(20)22/h1-15,25,30-31H. The molecule has 31 heavy (non-hydrogen) atoms. The topological polar surface area (TPSA) is 40.5 Å². The molecule has 4 heteroatoms. The summed E-state index contributed by atoms with van der Waals surface area (Å²) in [6.07, 6.45) is 0. The molecule has 0 saturated carbocycles. The third-order valence-electron chi connectivity index (χ3n) is 5.76. The highest BCUT2D eigenvalue weighted by Gasteiger charge is 2.24. The Morgan fingerprint density at radius 1 is 0.516 bits per heavy atom. The maximum Gasteiger partial charge on any atom is 0.137 e. The van der Waals surface area contributed by atoms with E-state index in [1.807, 2.05) is 78.9 Å². The molecule has 2 nitrogen and oxygen atoms in total. The van der Waals surface area contributed by atoms with Gasteiger partial charge in [-0.2, -0.15) is 0 Å². The molecule has 152 valence electrons. The molecular formula is C27H18Br2O2. The molecule has 0 bridgehead atoms. The summed E-state index contributed by atoms with van der Waals surface area (Å²) in [5.41, 5.74) is 3.29. The van der Waals surface area contributed by atoms with Crippen LogP contribution in [-0.4, -0.2) is 10.2 Å². The summed E-state index contributed by atoms with van der Waals surface area (Å²) in [6.45, 7) is 0. The lowest BCUT2D eigenvalue weighted by molar-refractivity contribution is 0.478. The van der Waals surface area contributed by atoms with E-state index >= 15 is 0 Å². The van der Waals surface area contributed by atoms with Crippen LogP contribution in [0.15, 0.2) is 99.9 Å². The molecule has 0 atom stereocenters. The van der Waals surface area contributed by atoms with Crippen LogP contribution in [0.3, 0.4) is 0 Å².